The van der Waals surface area contributed by atoms with Gasteiger partial charge in [-0.25, -0.2) is 0 Å². The van der Waals surface area contributed by atoms with Gasteiger partial charge in [0.2, 0.25) is 8.32 Å². The molecular weight excluding hydrogens is 343 g/mol. The summed E-state index contributed by atoms with van der Waals surface area (Å²) in [7, 11) is -1.91. The first-order chi connectivity index (χ1) is 11.4. The van der Waals surface area contributed by atoms with Crippen LogP contribution < -0.4 is 9.74 Å². The molecule has 0 heterocycles. The molecule has 2 aromatic carbocycles. The van der Waals surface area contributed by atoms with Gasteiger partial charge in [-0.1, -0.05) is 26.8 Å². The molecule has 136 valence electrons. The van der Waals surface area contributed by atoms with Crippen LogP contribution in [0, 0.1) is 0 Å². The lowest BCUT2D eigenvalue weighted by atomic mass is 10.2. The van der Waals surface area contributed by atoms with Crippen molar-refractivity contribution >= 4 is 19.7 Å². The lowest BCUT2D eigenvalue weighted by Crippen LogP contribution is -2.43. The van der Waals surface area contributed by atoms with Crippen LogP contribution in [0.25, 0.3) is 0 Å². The van der Waals surface area contributed by atoms with Gasteiger partial charge in [0.15, 0.2) is 0 Å². The maximum absolute atomic E-state index is 12.8. The van der Waals surface area contributed by atoms with Crippen LogP contribution in [0.5, 0.6) is 5.75 Å². The van der Waals surface area contributed by atoms with E-state index in [1.807, 2.05) is 24.3 Å². The highest BCUT2D eigenvalue weighted by Crippen LogP contribution is 2.37. The first-order valence-electron chi connectivity index (χ1n) is 8.12. The van der Waals surface area contributed by atoms with E-state index in [4.69, 9.17) is 4.43 Å². The minimum atomic E-state index is -4.35. The first kappa shape index (κ1) is 19.4. The summed E-state index contributed by atoms with van der Waals surface area (Å²) in [5, 5.41) is 3.09. The van der Waals surface area contributed by atoms with Crippen LogP contribution in [-0.2, 0) is 6.18 Å². The molecular formula is C19H24F3NOSi. The molecule has 0 radical (unpaired) electrons. The van der Waals surface area contributed by atoms with E-state index in [9.17, 15) is 13.2 Å². The van der Waals surface area contributed by atoms with Crippen molar-refractivity contribution in [2.24, 2.45) is 0 Å². The molecule has 0 aliphatic rings. The van der Waals surface area contributed by atoms with Gasteiger partial charge in [-0.3, -0.25) is 0 Å². The van der Waals surface area contributed by atoms with Crippen molar-refractivity contribution in [3.05, 3.63) is 54.1 Å². The van der Waals surface area contributed by atoms with Crippen LogP contribution in [0.15, 0.2) is 48.5 Å². The zero-order valence-corrected chi connectivity index (χ0v) is 16.2. The quantitative estimate of drug-likeness (QED) is 0.598. The molecule has 1 N–H and O–H groups in total. The van der Waals surface area contributed by atoms with E-state index in [0.29, 0.717) is 11.4 Å². The molecule has 0 saturated heterocycles. The standard InChI is InChI=1S/C19H24F3NOSi/c1-18(2,3)25(4,5)24-17-11-9-15(10-12-17)23-16-8-6-7-14(13-16)19(20,21)22/h6-13,23H,1-5H3. The van der Waals surface area contributed by atoms with Crippen LogP contribution in [0.2, 0.25) is 18.1 Å². The van der Waals surface area contributed by atoms with Crippen LogP contribution in [0.4, 0.5) is 24.5 Å². The highest BCUT2D eigenvalue weighted by atomic mass is 28.4. The summed E-state index contributed by atoms with van der Waals surface area (Å²) in [6.07, 6.45) is -4.35. The second-order valence-electron chi connectivity index (χ2n) is 7.59. The van der Waals surface area contributed by atoms with Gasteiger partial charge in [0, 0.05) is 11.4 Å². The molecule has 0 unspecified atom stereocenters. The Bertz CT molecular complexity index is 719. The first-order valence-corrected chi connectivity index (χ1v) is 11.0. The van der Waals surface area contributed by atoms with Gasteiger partial charge < -0.3 is 9.74 Å². The Morgan fingerprint density at radius 3 is 2.00 bits per heavy atom. The van der Waals surface area contributed by atoms with E-state index in [0.717, 1.165) is 17.9 Å². The number of anilines is 2. The molecule has 0 aliphatic carbocycles. The van der Waals surface area contributed by atoms with Gasteiger partial charge in [-0.2, -0.15) is 13.2 Å². The van der Waals surface area contributed by atoms with E-state index in [2.05, 4.69) is 39.2 Å². The van der Waals surface area contributed by atoms with E-state index in [1.165, 1.54) is 6.07 Å². The van der Waals surface area contributed by atoms with Gasteiger partial charge in [-0.05, 0) is 60.6 Å². The number of halogens is 3. The maximum Gasteiger partial charge on any atom is 0.416 e. The molecule has 0 saturated carbocycles. The number of nitrogens with one attached hydrogen (secondary N) is 1. The van der Waals surface area contributed by atoms with Crippen molar-refractivity contribution in [3.8, 4) is 5.75 Å². The Hall–Kier alpha value is -1.95. The van der Waals surface area contributed by atoms with Crippen LogP contribution in [-0.4, -0.2) is 8.32 Å². The lowest BCUT2D eigenvalue weighted by molar-refractivity contribution is -0.137. The smallest absolute Gasteiger partial charge is 0.416 e. The Labute approximate surface area is 148 Å². The topological polar surface area (TPSA) is 21.3 Å². The molecule has 25 heavy (non-hydrogen) atoms. The van der Waals surface area contributed by atoms with Gasteiger partial charge in [0.05, 0.1) is 5.56 Å². The molecule has 0 spiro atoms. The van der Waals surface area contributed by atoms with Crippen molar-refractivity contribution < 1.29 is 17.6 Å². The number of rotatable bonds is 4. The third kappa shape index (κ3) is 5.01. The predicted molar refractivity (Wildman–Crippen MR) is 99.0 cm³/mol. The second kappa shape index (κ2) is 6.75. The van der Waals surface area contributed by atoms with Gasteiger partial charge in [0.1, 0.15) is 5.75 Å². The fourth-order valence-electron chi connectivity index (χ4n) is 1.99. The number of alkyl halides is 3. The molecule has 2 rings (SSSR count). The third-order valence-corrected chi connectivity index (χ3v) is 8.87. The van der Waals surface area contributed by atoms with Crippen LogP contribution in [0.1, 0.15) is 26.3 Å². The molecule has 0 fully saturated rings. The third-order valence-electron chi connectivity index (χ3n) is 4.51. The Morgan fingerprint density at radius 2 is 1.48 bits per heavy atom. The summed E-state index contributed by atoms with van der Waals surface area (Å²) in [5.41, 5.74) is 0.435. The average molecular weight is 367 g/mol. The largest absolute Gasteiger partial charge is 0.544 e. The minimum Gasteiger partial charge on any atom is -0.544 e. The number of hydrogen-bond donors (Lipinski definition) is 1. The molecule has 6 heteroatoms. The summed E-state index contributed by atoms with van der Waals surface area (Å²) >= 11 is 0. The molecule has 0 amide bonds. The predicted octanol–water partition coefficient (Wildman–Crippen LogP) is 6.83. The molecule has 0 aromatic heterocycles. The fourth-order valence-corrected chi connectivity index (χ4v) is 3.03. The normalized spacial score (nSPS) is 12.8. The SMILES string of the molecule is CC(C)(C)[Si](C)(C)Oc1ccc(Nc2cccc(C(F)(F)F)c2)cc1. The van der Waals surface area contributed by atoms with Crippen molar-refractivity contribution in [1.29, 1.82) is 0 Å². The Morgan fingerprint density at radius 1 is 0.880 bits per heavy atom. The monoisotopic (exact) mass is 367 g/mol. The highest BCUT2D eigenvalue weighted by Gasteiger charge is 2.38. The zero-order valence-electron chi connectivity index (χ0n) is 15.2. The summed E-state index contributed by atoms with van der Waals surface area (Å²) in [5.74, 6) is 0.779. The Kier molecular flexibility index (Phi) is 5.23. The van der Waals surface area contributed by atoms with Crippen molar-refractivity contribution in [3.63, 3.8) is 0 Å². The second-order valence-corrected chi connectivity index (χ2v) is 12.3. The van der Waals surface area contributed by atoms with E-state index in [-0.39, 0.29) is 5.04 Å². The summed E-state index contributed by atoms with van der Waals surface area (Å²) < 4.78 is 44.5. The molecule has 2 nitrogen and oxygen atoms in total. The highest BCUT2D eigenvalue weighted by molar-refractivity contribution is 6.74. The van der Waals surface area contributed by atoms with Gasteiger partial charge in [0.25, 0.3) is 0 Å². The molecule has 2 aromatic rings. The maximum atomic E-state index is 12.8. The van der Waals surface area contributed by atoms with E-state index < -0.39 is 20.1 Å². The van der Waals surface area contributed by atoms with Crippen LogP contribution in [0.3, 0.4) is 0 Å². The number of benzene rings is 2. The minimum absolute atomic E-state index is 0.0992. The van der Waals surface area contributed by atoms with Gasteiger partial charge >= 0.3 is 6.18 Å². The lowest BCUT2D eigenvalue weighted by Gasteiger charge is -2.36. The van der Waals surface area contributed by atoms with Crippen molar-refractivity contribution in [2.45, 2.75) is 45.1 Å². The van der Waals surface area contributed by atoms with Crippen molar-refractivity contribution in [2.75, 3.05) is 5.32 Å². The Balaban J connectivity index is 2.11. The summed E-state index contributed by atoms with van der Waals surface area (Å²) in [6, 6.07) is 12.5. The van der Waals surface area contributed by atoms with Crippen LogP contribution >= 0.6 is 0 Å². The molecule has 0 aliphatic heterocycles. The summed E-state index contributed by atoms with van der Waals surface area (Å²) in [6.45, 7) is 10.8. The van der Waals surface area contributed by atoms with Gasteiger partial charge in [-0.15, -0.1) is 0 Å². The van der Waals surface area contributed by atoms with Crippen molar-refractivity contribution in [1.82, 2.24) is 0 Å². The fraction of sp³-hybridized carbons (Fsp3) is 0.368. The summed E-state index contributed by atoms with van der Waals surface area (Å²) in [4.78, 5) is 0. The molecule has 0 bridgehead atoms. The van der Waals surface area contributed by atoms with E-state index in [1.54, 1.807) is 6.07 Å². The zero-order chi connectivity index (χ0) is 18.9. The average Bonchev–Trinajstić information content (AvgIpc) is 2.47. The number of hydrogen-bond acceptors (Lipinski definition) is 2. The molecule has 0 atom stereocenters. The van der Waals surface area contributed by atoms with E-state index >= 15 is 0 Å².